The molecule has 0 unspecified atom stereocenters. The molecule has 0 bridgehead atoms. The Bertz CT molecular complexity index is 786. The van der Waals surface area contributed by atoms with Crippen LogP contribution in [0.5, 0.6) is 0 Å². The molecule has 0 saturated heterocycles. The first-order valence-corrected chi connectivity index (χ1v) is 12.0. The minimum atomic E-state index is 0.469. The fraction of sp³-hybridized carbons (Fsp3) is 0.591. The topological polar surface area (TPSA) is 55.6 Å². The lowest BCUT2D eigenvalue weighted by molar-refractivity contribution is 0.711. The Labute approximate surface area is 184 Å². The Kier molecular flexibility index (Phi) is 11.1. The molecule has 0 aliphatic heterocycles. The predicted octanol–water partition coefficient (Wildman–Crippen LogP) is 6.90. The second-order valence-corrected chi connectivity index (χ2v) is 9.73. The molecule has 1 N–H and O–H groups in total. The van der Waals surface area contributed by atoms with Gasteiger partial charge in [-0.25, -0.2) is 15.0 Å². The Morgan fingerprint density at radius 3 is 1.83 bits per heavy atom. The number of aromatic nitrogens is 4. The number of nitrogens with one attached hydrogen (secondary N) is 1. The maximum atomic E-state index is 4.46. The van der Waals surface area contributed by atoms with Gasteiger partial charge >= 0.3 is 0 Å². The van der Waals surface area contributed by atoms with Crippen LogP contribution in [0.1, 0.15) is 90.4 Å². The fourth-order valence-corrected chi connectivity index (χ4v) is 4.04. The van der Waals surface area contributed by atoms with Crippen LogP contribution in [0.3, 0.4) is 0 Å². The molecule has 0 atom stereocenters. The third kappa shape index (κ3) is 9.54. The lowest BCUT2D eigenvalue weighted by Crippen LogP contribution is -2.09. The molecule has 0 spiro atoms. The molecule has 7 heteroatoms. The van der Waals surface area contributed by atoms with Crippen LogP contribution in [0.4, 0.5) is 5.13 Å². The summed E-state index contributed by atoms with van der Waals surface area (Å²) in [6.45, 7) is 17.1. The standard InChI is InChI=1S/C9H16N2S.C7H12N2.C6H9NS/c1-6(2)8-5-12-9(11-8)10-7(3)4;1-6(2)7-8-4-5-9(7)3;1-5(2)6-3-8-4-7-6/h5-7H,1-4H3,(H,10,11);4-6H,1-3H3;3-5H,1-2H3. The summed E-state index contributed by atoms with van der Waals surface area (Å²) in [6.07, 6.45) is 3.80. The van der Waals surface area contributed by atoms with E-state index in [-0.39, 0.29) is 0 Å². The first-order chi connectivity index (χ1) is 13.6. The van der Waals surface area contributed by atoms with E-state index in [1.165, 1.54) is 11.4 Å². The first-order valence-electron chi connectivity index (χ1n) is 10.2. The van der Waals surface area contributed by atoms with Crippen molar-refractivity contribution >= 4 is 27.8 Å². The highest BCUT2D eigenvalue weighted by atomic mass is 32.1. The Hall–Kier alpha value is -1.73. The molecule has 5 nitrogen and oxygen atoms in total. The number of imidazole rings is 1. The van der Waals surface area contributed by atoms with Gasteiger partial charge in [0.15, 0.2) is 5.13 Å². The van der Waals surface area contributed by atoms with E-state index < -0.39 is 0 Å². The summed E-state index contributed by atoms with van der Waals surface area (Å²) >= 11 is 3.34. The van der Waals surface area contributed by atoms with Gasteiger partial charge in [-0.1, -0.05) is 41.5 Å². The fourth-order valence-electron chi connectivity index (χ4n) is 2.31. The van der Waals surface area contributed by atoms with Gasteiger partial charge in [0.25, 0.3) is 0 Å². The second-order valence-electron chi connectivity index (χ2n) is 8.15. The number of thiazole rings is 2. The van der Waals surface area contributed by atoms with Crippen LogP contribution >= 0.6 is 22.7 Å². The van der Waals surface area contributed by atoms with Crippen molar-refractivity contribution in [3.05, 3.63) is 45.9 Å². The summed E-state index contributed by atoms with van der Waals surface area (Å²) in [5, 5.41) is 8.53. The summed E-state index contributed by atoms with van der Waals surface area (Å²) < 4.78 is 2.05. The van der Waals surface area contributed by atoms with Gasteiger partial charge in [0, 0.05) is 42.2 Å². The molecule has 0 radical (unpaired) electrons. The van der Waals surface area contributed by atoms with Crippen molar-refractivity contribution in [2.75, 3.05) is 5.32 Å². The minimum absolute atomic E-state index is 0.469. The molecular formula is C22H37N5S2. The summed E-state index contributed by atoms with van der Waals surface area (Å²) in [5.74, 6) is 2.80. The number of hydrogen-bond donors (Lipinski definition) is 1. The monoisotopic (exact) mass is 435 g/mol. The second kappa shape index (κ2) is 12.8. The molecule has 3 aromatic heterocycles. The van der Waals surface area contributed by atoms with Crippen molar-refractivity contribution in [1.82, 2.24) is 19.5 Å². The molecule has 0 amide bonds. The zero-order chi connectivity index (χ0) is 22.0. The lowest BCUT2D eigenvalue weighted by Gasteiger charge is -2.04. The zero-order valence-electron chi connectivity index (χ0n) is 19.3. The molecule has 0 saturated carbocycles. The molecule has 162 valence electrons. The van der Waals surface area contributed by atoms with Gasteiger partial charge in [-0.2, -0.15) is 0 Å². The average Bonchev–Trinajstić information content (AvgIpc) is 3.36. The van der Waals surface area contributed by atoms with Gasteiger partial charge in [-0.05, 0) is 25.7 Å². The molecule has 3 rings (SSSR count). The first kappa shape index (κ1) is 25.3. The van der Waals surface area contributed by atoms with Crippen LogP contribution in [0.2, 0.25) is 0 Å². The van der Waals surface area contributed by atoms with E-state index in [1.807, 2.05) is 29.5 Å². The van der Waals surface area contributed by atoms with Crippen molar-refractivity contribution in [2.45, 2.75) is 79.2 Å². The zero-order valence-corrected chi connectivity index (χ0v) is 20.9. The third-order valence-corrected chi connectivity index (χ3v) is 5.34. The van der Waals surface area contributed by atoms with Gasteiger partial charge in [-0.3, -0.25) is 0 Å². The van der Waals surface area contributed by atoms with Crippen molar-refractivity contribution in [1.29, 1.82) is 0 Å². The summed E-state index contributed by atoms with van der Waals surface area (Å²) in [4.78, 5) is 12.8. The van der Waals surface area contributed by atoms with Crippen LogP contribution in [0, 0.1) is 0 Å². The van der Waals surface area contributed by atoms with E-state index in [2.05, 4.69) is 86.4 Å². The summed E-state index contributed by atoms with van der Waals surface area (Å²) in [6, 6.07) is 0.469. The highest BCUT2D eigenvalue weighted by Crippen LogP contribution is 2.21. The highest BCUT2D eigenvalue weighted by molar-refractivity contribution is 7.13. The molecule has 0 fully saturated rings. The van der Waals surface area contributed by atoms with Crippen molar-refractivity contribution in [2.24, 2.45) is 7.05 Å². The Balaban J connectivity index is 0.000000223. The van der Waals surface area contributed by atoms with E-state index in [9.17, 15) is 0 Å². The van der Waals surface area contributed by atoms with Crippen LogP contribution < -0.4 is 5.32 Å². The maximum absolute atomic E-state index is 4.46. The quantitative estimate of drug-likeness (QED) is 0.474. The number of aryl methyl sites for hydroxylation is 1. The maximum Gasteiger partial charge on any atom is 0.183 e. The number of anilines is 1. The van der Waals surface area contributed by atoms with E-state index >= 15 is 0 Å². The van der Waals surface area contributed by atoms with Gasteiger partial charge in [0.1, 0.15) is 5.82 Å². The summed E-state index contributed by atoms with van der Waals surface area (Å²) in [7, 11) is 2.02. The Morgan fingerprint density at radius 2 is 1.52 bits per heavy atom. The molecule has 29 heavy (non-hydrogen) atoms. The minimum Gasteiger partial charge on any atom is -0.359 e. The van der Waals surface area contributed by atoms with Crippen molar-refractivity contribution < 1.29 is 0 Å². The number of rotatable bonds is 5. The van der Waals surface area contributed by atoms with Crippen LogP contribution in [0.15, 0.2) is 28.7 Å². The molecule has 0 aliphatic carbocycles. The van der Waals surface area contributed by atoms with Gasteiger partial charge in [0.2, 0.25) is 0 Å². The van der Waals surface area contributed by atoms with Gasteiger partial charge in [-0.15, -0.1) is 22.7 Å². The molecule has 0 aliphatic rings. The Morgan fingerprint density at radius 1 is 0.862 bits per heavy atom. The van der Waals surface area contributed by atoms with Crippen LogP contribution in [-0.2, 0) is 7.05 Å². The van der Waals surface area contributed by atoms with Crippen molar-refractivity contribution in [3.8, 4) is 0 Å². The third-order valence-electron chi connectivity index (χ3n) is 3.94. The van der Waals surface area contributed by atoms with E-state index in [0.717, 1.165) is 11.0 Å². The van der Waals surface area contributed by atoms with E-state index in [4.69, 9.17) is 0 Å². The van der Waals surface area contributed by atoms with Gasteiger partial charge in [0.05, 0.1) is 16.9 Å². The van der Waals surface area contributed by atoms with Gasteiger partial charge < -0.3 is 9.88 Å². The number of hydrogen-bond acceptors (Lipinski definition) is 6. The molecule has 3 aromatic rings. The van der Waals surface area contributed by atoms with E-state index in [1.54, 1.807) is 22.7 Å². The molecular weight excluding hydrogens is 398 g/mol. The SMILES string of the molecule is CC(C)Nc1nc(C(C)C)cs1.CC(C)c1cscn1.CC(C)c1nccn1C. The largest absolute Gasteiger partial charge is 0.359 e. The van der Waals surface area contributed by atoms with Crippen molar-refractivity contribution in [3.63, 3.8) is 0 Å². The molecule has 3 heterocycles. The van der Waals surface area contributed by atoms with E-state index in [0.29, 0.717) is 23.8 Å². The smallest absolute Gasteiger partial charge is 0.183 e. The number of nitrogens with zero attached hydrogens (tertiary/aromatic N) is 4. The normalized spacial score (nSPS) is 10.8. The summed E-state index contributed by atoms with van der Waals surface area (Å²) in [5.41, 5.74) is 4.26. The predicted molar refractivity (Wildman–Crippen MR) is 128 cm³/mol. The molecule has 0 aromatic carbocycles. The van der Waals surface area contributed by atoms with Crippen LogP contribution in [-0.4, -0.2) is 25.6 Å². The van der Waals surface area contributed by atoms with Crippen LogP contribution in [0.25, 0.3) is 0 Å². The lowest BCUT2D eigenvalue weighted by atomic mass is 10.2. The highest BCUT2D eigenvalue weighted by Gasteiger charge is 2.05. The average molecular weight is 436 g/mol.